The molecule has 2 atom stereocenters. The minimum absolute atomic E-state index is 0.00943. The van der Waals surface area contributed by atoms with Crippen LogP contribution in [0.2, 0.25) is 0 Å². The fourth-order valence-electron chi connectivity index (χ4n) is 3.92. The summed E-state index contributed by atoms with van der Waals surface area (Å²) in [5.74, 6) is -0.440. The predicted molar refractivity (Wildman–Crippen MR) is 116 cm³/mol. The van der Waals surface area contributed by atoms with Gasteiger partial charge in [0.05, 0.1) is 16.8 Å². The highest BCUT2D eigenvalue weighted by atomic mass is 16.6. The Morgan fingerprint density at radius 2 is 2.03 bits per heavy atom. The molecular weight excluding hydrogens is 412 g/mol. The van der Waals surface area contributed by atoms with E-state index in [1.54, 1.807) is 12.1 Å². The first-order valence-electron chi connectivity index (χ1n) is 10.4. The average Bonchev–Trinajstić information content (AvgIpc) is 3.31. The van der Waals surface area contributed by atoms with Crippen LogP contribution in [-0.4, -0.2) is 61.6 Å². The molecule has 3 aromatic rings. The van der Waals surface area contributed by atoms with Gasteiger partial charge in [0.2, 0.25) is 0 Å². The van der Waals surface area contributed by atoms with Crippen LogP contribution in [0.3, 0.4) is 0 Å². The second kappa shape index (κ2) is 9.67. The predicted octanol–water partition coefficient (Wildman–Crippen LogP) is 1.79. The number of aliphatic hydroxyl groups is 1. The van der Waals surface area contributed by atoms with Crippen LogP contribution in [0.5, 0.6) is 0 Å². The molecule has 0 radical (unpaired) electrons. The minimum atomic E-state index is -0.493. The van der Waals surface area contributed by atoms with Gasteiger partial charge in [-0.15, -0.1) is 5.10 Å². The summed E-state index contributed by atoms with van der Waals surface area (Å²) in [5.41, 5.74) is 1.66. The molecule has 0 saturated carbocycles. The fourth-order valence-corrected chi connectivity index (χ4v) is 3.92. The van der Waals surface area contributed by atoms with E-state index in [0.29, 0.717) is 12.2 Å². The highest BCUT2D eigenvalue weighted by Crippen LogP contribution is 2.20. The summed E-state index contributed by atoms with van der Waals surface area (Å²) >= 11 is 0. The van der Waals surface area contributed by atoms with Gasteiger partial charge in [-0.2, -0.15) is 0 Å². The number of amides is 1. The van der Waals surface area contributed by atoms with Crippen molar-refractivity contribution in [3.63, 3.8) is 0 Å². The van der Waals surface area contributed by atoms with Gasteiger partial charge in [-0.3, -0.25) is 19.8 Å². The van der Waals surface area contributed by atoms with Crippen molar-refractivity contribution in [1.29, 1.82) is 0 Å². The van der Waals surface area contributed by atoms with Gasteiger partial charge in [-0.25, -0.2) is 4.68 Å². The third-order valence-corrected chi connectivity index (χ3v) is 5.67. The maximum absolute atomic E-state index is 12.8. The van der Waals surface area contributed by atoms with E-state index in [1.807, 2.05) is 18.2 Å². The topological polar surface area (TPSA) is 126 Å². The second-order valence-corrected chi connectivity index (χ2v) is 7.86. The normalized spacial score (nSPS) is 18.9. The van der Waals surface area contributed by atoms with Crippen molar-refractivity contribution in [2.75, 3.05) is 19.7 Å². The van der Waals surface area contributed by atoms with Crippen LogP contribution in [0.1, 0.15) is 22.5 Å². The average molecular weight is 436 g/mol. The lowest BCUT2D eigenvalue weighted by Crippen LogP contribution is -2.53. The number of likely N-dealkylation sites (tertiary alicyclic amines) is 1. The number of carbonyl (C=O) groups excluding carboxylic acids is 1. The number of piperidine rings is 1. The molecule has 1 aromatic heterocycles. The number of hydrogen-bond donors (Lipinski definition) is 2. The lowest BCUT2D eigenvalue weighted by atomic mass is 9.92. The van der Waals surface area contributed by atoms with Gasteiger partial charge in [0.15, 0.2) is 5.69 Å². The van der Waals surface area contributed by atoms with E-state index >= 15 is 0 Å². The fraction of sp³-hybridized carbons (Fsp3) is 0.318. The van der Waals surface area contributed by atoms with Crippen LogP contribution >= 0.6 is 0 Å². The molecule has 4 rings (SSSR count). The molecule has 1 aliphatic heterocycles. The number of aliphatic hydroxyl groups excluding tert-OH is 1. The van der Waals surface area contributed by atoms with Crippen LogP contribution in [0.4, 0.5) is 5.69 Å². The molecule has 1 fully saturated rings. The Balaban J connectivity index is 1.44. The molecule has 1 aliphatic rings. The molecule has 10 nitrogen and oxygen atoms in total. The van der Waals surface area contributed by atoms with Gasteiger partial charge in [0, 0.05) is 43.8 Å². The summed E-state index contributed by atoms with van der Waals surface area (Å²) in [6.45, 7) is 2.22. The Labute approximate surface area is 184 Å². The Morgan fingerprint density at radius 3 is 2.78 bits per heavy atom. The number of rotatable bonds is 7. The Kier molecular flexibility index (Phi) is 6.52. The van der Waals surface area contributed by atoms with E-state index in [1.165, 1.54) is 28.6 Å². The van der Waals surface area contributed by atoms with Crippen LogP contribution in [0.15, 0.2) is 60.8 Å². The summed E-state index contributed by atoms with van der Waals surface area (Å²) in [6, 6.07) is 15.8. The first kappa shape index (κ1) is 21.6. The zero-order valence-electron chi connectivity index (χ0n) is 17.4. The van der Waals surface area contributed by atoms with E-state index in [4.69, 9.17) is 0 Å². The number of carbonyl (C=O) groups is 1. The van der Waals surface area contributed by atoms with Gasteiger partial charge < -0.3 is 10.4 Å². The van der Waals surface area contributed by atoms with Crippen molar-refractivity contribution in [2.45, 2.75) is 19.0 Å². The van der Waals surface area contributed by atoms with Crippen LogP contribution < -0.4 is 5.32 Å². The van der Waals surface area contributed by atoms with Gasteiger partial charge in [-0.05, 0) is 24.6 Å². The third-order valence-electron chi connectivity index (χ3n) is 5.67. The summed E-state index contributed by atoms with van der Waals surface area (Å²) in [6.07, 6.45) is 2.21. The van der Waals surface area contributed by atoms with Crippen molar-refractivity contribution >= 4 is 11.6 Å². The molecule has 10 heteroatoms. The first-order valence-corrected chi connectivity index (χ1v) is 10.4. The molecular formula is C22H24N6O4. The highest BCUT2D eigenvalue weighted by molar-refractivity contribution is 5.92. The number of aromatic nitrogens is 3. The quantitative estimate of drug-likeness (QED) is 0.427. The zero-order valence-corrected chi connectivity index (χ0v) is 17.4. The minimum Gasteiger partial charge on any atom is -0.396 e. The van der Waals surface area contributed by atoms with Crippen molar-refractivity contribution in [2.24, 2.45) is 5.92 Å². The van der Waals surface area contributed by atoms with Crippen LogP contribution in [0.25, 0.3) is 5.69 Å². The number of nitrogens with one attached hydrogen (secondary N) is 1. The molecule has 1 saturated heterocycles. The number of non-ortho nitro benzene ring substituents is 1. The molecule has 0 unspecified atom stereocenters. The van der Waals surface area contributed by atoms with Gasteiger partial charge in [0.1, 0.15) is 0 Å². The summed E-state index contributed by atoms with van der Waals surface area (Å²) in [7, 11) is 0. The molecule has 2 aromatic carbocycles. The maximum atomic E-state index is 12.8. The van der Waals surface area contributed by atoms with Gasteiger partial charge in [-0.1, -0.05) is 41.6 Å². The van der Waals surface area contributed by atoms with Crippen LogP contribution in [0, 0.1) is 16.0 Å². The Bertz CT molecular complexity index is 1090. The third kappa shape index (κ3) is 4.98. The lowest BCUT2D eigenvalue weighted by molar-refractivity contribution is -0.384. The molecule has 166 valence electrons. The largest absolute Gasteiger partial charge is 0.396 e. The summed E-state index contributed by atoms with van der Waals surface area (Å²) in [5, 5.41) is 31.6. The van der Waals surface area contributed by atoms with Crippen molar-refractivity contribution < 1.29 is 14.8 Å². The highest BCUT2D eigenvalue weighted by Gasteiger charge is 2.30. The van der Waals surface area contributed by atoms with Crippen molar-refractivity contribution in [3.05, 3.63) is 82.2 Å². The Hall–Kier alpha value is -3.63. The lowest BCUT2D eigenvalue weighted by Gasteiger charge is -2.38. The van der Waals surface area contributed by atoms with Crippen molar-refractivity contribution in [3.8, 4) is 5.69 Å². The van der Waals surface area contributed by atoms with Gasteiger partial charge in [0.25, 0.3) is 11.6 Å². The molecule has 1 amide bonds. The standard InChI is InChI=1S/C22H24N6O4/c29-15-17-9-10-26(12-16-5-2-1-3-6-16)13-20(17)23-22(30)21-14-27(25-24-21)18-7-4-8-19(11-18)28(31)32/h1-8,11,14,17,20,29H,9-10,12-13,15H2,(H,23,30)/t17-,20+/m0/s1. The van der Waals surface area contributed by atoms with E-state index in [-0.39, 0.29) is 29.9 Å². The number of nitro benzene ring substituents is 1. The SMILES string of the molecule is O=C(N[C@@H]1CN(Cc2ccccc2)CC[C@H]1CO)c1cn(-c2cccc([N+](=O)[O-])c2)nn1. The van der Waals surface area contributed by atoms with Gasteiger partial charge >= 0.3 is 0 Å². The van der Waals surface area contributed by atoms with E-state index in [2.05, 4.69) is 32.7 Å². The molecule has 0 bridgehead atoms. The second-order valence-electron chi connectivity index (χ2n) is 7.86. The van der Waals surface area contributed by atoms with E-state index in [0.717, 1.165) is 19.5 Å². The van der Waals surface area contributed by atoms with E-state index in [9.17, 15) is 20.0 Å². The number of nitrogens with zero attached hydrogens (tertiary/aromatic N) is 5. The van der Waals surface area contributed by atoms with Crippen LogP contribution in [-0.2, 0) is 6.54 Å². The number of benzene rings is 2. The Morgan fingerprint density at radius 1 is 1.22 bits per heavy atom. The first-order chi connectivity index (χ1) is 15.5. The molecule has 0 spiro atoms. The molecule has 2 N–H and O–H groups in total. The smallest absolute Gasteiger partial charge is 0.273 e. The summed E-state index contributed by atoms with van der Waals surface area (Å²) < 4.78 is 1.33. The van der Waals surface area contributed by atoms with Crippen molar-refractivity contribution in [1.82, 2.24) is 25.2 Å². The monoisotopic (exact) mass is 436 g/mol. The molecule has 2 heterocycles. The molecule has 0 aliphatic carbocycles. The number of hydrogen-bond acceptors (Lipinski definition) is 7. The maximum Gasteiger partial charge on any atom is 0.273 e. The number of nitro groups is 1. The molecule has 32 heavy (non-hydrogen) atoms. The zero-order chi connectivity index (χ0) is 22.5. The van der Waals surface area contributed by atoms with E-state index < -0.39 is 10.8 Å². The summed E-state index contributed by atoms with van der Waals surface area (Å²) in [4.78, 5) is 25.6.